The molecule has 0 radical (unpaired) electrons. The molecule has 1 aromatic heterocycles. The van der Waals surface area contributed by atoms with Crippen LogP contribution in [-0.4, -0.2) is 30.1 Å². The van der Waals surface area contributed by atoms with Crippen LogP contribution in [0.2, 0.25) is 0 Å². The van der Waals surface area contributed by atoms with E-state index in [1.54, 1.807) is 0 Å². The summed E-state index contributed by atoms with van der Waals surface area (Å²) in [5.41, 5.74) is 7.85. The van der Waals surface area contributed by atoms with Gasteiger partial charge in [0.1, 0.15) is 4.88 Å². The van der Waals surface area contributed by atoms with Crippen molar-refractivity contribution in [1.29, 1.82) is 0 Å². The fourth-order valence-corrected chi connectivity index (χ4v) is 3.33. The topological polar surface area (TPSA) is 55.6 Å². The number of carbonyl (C=O) groups is 1. The molecular formula is C13H20N2O2S. The third-order valence-corrected chi connectivity index (χ3v) is 4.60. The molecule has 0 unspecified atom stereocenters. The van der Waals surface area contributed by atoms with E-state index in [4.69, 9.17) is 10.5 Å². The monoisotopic (exact) mass is 268 g/mol. The van der Waals surface area contributed by atoms with Gasteiger partial charge in [-0.15, -0.1) is 11.3 Å². The first-order valence-electron chi connectivity index (χ1n) is 6.35. The number of anilines is 1. The summed E-state index contributed by atoms with van der Waals surface area (Å²) in [5.74, 6) is -0.287. The molecule has 0 amide bonds. The summed E-state index contributed by atoms with van der Waals surface area (Å²) in [6.07, 6.45) is 0.974. The van der Waals surface area contributed by atoms with E-state index in [-0.39, 0.29) is 5.97 Å². The number of fused-ring (bicyclic) bond motifs is 1. The molecule has 2 heterocycles. The zero-order valence-electron chi connectivity index (χ0n) is 11.2. The van der Waals surface area contributed by atoms with Gasteiger partial charge >= 0.3 is 5.97 Å². The van der Waals surface area contributed by atoms with Gasteiger partial charge in [0.05, 0.1) is 12.3 Å². The maximum Gasteiger partial charge on any atom is 0.350 e. The van der Waals surface area contributed by atoms with Crippen molar-refractivity contribution in [2.45, 2.75) is 39.8 Å². The van der Waals surface area contributed by atoms with E-state index in [2.05, 4.69) is 18.7 Å². The summed E-state index contributed by atoms with van der Waals surface area (Å²) in [4.78, 5) is 16.0. The van der Waals surface area contributed by atoms with Crippen LogP contribution in [0.3, 0.4) is 0 Å². The Morgan fingerprint density at radius 2 is 2.28 bits per heavy atom. The largest absolute Gasteiger partial charge is 0.462 e. The lowest BCUT2D eigenvalue weighted by molar-refractivity contribution is 0.0533. The van der Waals surface area contributed by atoms with Gasteiger partial charge in [0.15, 0.2) is 0 Å². The van der Waals surface area contributed by atoms with Crippen LogP contribution in [0.1, 0.15) is 40.9 Å². The summed E-state index contributed by atoms with van der Waals surface area (Å²) >= 11 is 1.50. The summed E-state index contributed by atoms with van der Waals surface area (Å²) in [5, 5.41) is 0. The molecule has 100 valence electrons. The Morgan fingerprint density at radius 3 is 2.89 bits per heavy atom. The van der Waals surface area contributed by atoms with Crippen molar-refractivity contribution in [2.75, 3.05) is 18.9 Å². The van der Waals surface area contributed by atoms with Crippen molar-refractivity contribution in [3.63, 3.8) is 0 Å². The van der Waals surface area contributed by atoms with Crippen molar-refractivity contribution in [3.05, 3.63) is 15.3 Å². The molecule has 0 saturated heterocycles. The second-order valence-corrected chi connectivity index (χ2v) is 5.89. The summed E-state index contributed by atoms with van der Waals surface area (Å²) in [6, 6.07) is 0.503. The molecule has 0 saturated carbocycles. The molecule has 0 atom stereocenters. The molecular weight excluding hydrogens is 248 g/mol. The van der Waals surface area contributed by atoms with E-state index < -0.39 is 0 Å². The number of hydrogen-bond donors (Lipinski definition) is 1. The SMILES string of the molecule is CCOC(=O)c1sc2c(c1N)CN(C(C)C)CC2. The molecule has 1 aromatic rings. The number of nitrogens with two attached hydrogens (primary N) is 1. The van der Waals surface area contributed by atoms with Crippen molar-refractivity contribution in [1.82, 2.24) is 4.90 Å². The van der Waals surface area contributed by atoms with Crippen molar-refractivity contribution < 1.29 is 9.53 Å². The third kappa shape index (κ3) is 2.37. The molecule has 1 aliphatic rings. The lowest BCUT2D eigenvalue weighted by Gasteiger charge is -2.30. The Hall–Kier alpha value is -1.07. The number of rotatable bonds is 3. The van der Waals surface area contributed by atoms with Crippen LogP contribution in [0.4, 0.5) is 5.69 Å². The second kappa shape index (κ2) is 5.28. The molecule has 2 rings (SSSR count). The number of nitrogen functional groups attached to an aromatic ring is 1. The zero-order valence-corrected chi connectivity index (χ0v) is 12.0. The van der Waals surface area contributed by atoms with Crippen LogP contribution >= 0.6 is 11.3 Å². The fraction of sp³-hybridized carbons (Fsp3) is 0.615. The molecule has 4 nitrogen and oxygen atoms in total. The highest BCUT2D eigenvalue weighted by Crippen LogP contribution is 2.36. The number of esters is 1. The number of hydrogen-bond acceptors (Lipinski definition) is 5. The van der Waals surface area contributed by atoms with Gasteiger partial charge in [0.25, 0.3) is 0 Å². The minimum atomic E-state index is -0.287. The van der Waals surface area contributed by atoms with E-state index in [0.717, 1.165) is 25.1 Å². The smallest absolute Gasteiger partial charge is 0.350 e. The van der Waals surface area contributed by atoms with Crippen LogP contribution in [0, 0.1) is 0 Å². The minimum absolute atomic E-state index is 0.287. The predicted octanol–water partition coefficient (Wildman–Crippen LogP) is 2.27. The number of carbonyl (C=O) groups excluding carboxylic acids is 1. The Bertz CT molecular complexity index is 454. The van der Waals surface area contributed by atoms with E-state index >= 15 is 0 Å². The van der Waals surface area contributed by atoms with Gasteiger partial charge in [0.2, 0.25) is 0 Å². The van der Waals surface area contributed by atoms with Gasteiger partial charge in [-0.25, -0.2) is 4.79 Å². The molecule has 0 aliphatic carbocycles. The first-order valence-corrected chi connectivity index (χ1v) is 7.17. The highest BCUT2D eigenvalue weighted by Gasteiger charge is 2.27. The van der Waals surface area contributed by atoms with Gasteiger partial charge in [0, 0.05) is 29.6 Å². The van der Waals surface area contributed by atoms with Crippen molar-refractivity contribution in [3.8, 4) is 0 Å². The van der Waals surface area contributed by atoms with Gasteiger partial charge in [-0.2, -0.15) is 0 Å². The van der Waals surface area contributed by atoms with Crippen LogP contribution in [0.5, 0.6) is 0 Å². The van der Waals surface area contributed by atoms with Crippen LogP contribution in [0.15, 0.2) is 0 Å². The van der Waals surface area contributed by atoms with Crippen molar-refractivity contribution in [2.24, 2.45) is 0 Å². The van der Waals surface area contributed by atoms with Gasteiger partial charge in [-0.05, 0) is 27.2 Å². The van der Waals surface area contributed by atoms with E-state index in [9.17, 15) is 4.79 Å². The second-order valence-electron chi connectivity index (χ2n) is 4.78. The molecule has 5 heteroatoms. The van der Waals surface area contributed by atoms with Crippen LogP contribution in [-0.2, 0) is 17.7 Å². The summed E-state index contributed by atoms with van der Waals surface area (Å²) < 4.78 is 5.04. The quantitative estimate of drug-likeness (QED) is 0.854. The highest BCUT2D eigenvalue weighted by molar-refractivity contribution is 7.14. The van der Waals surface area contributed by atoms with Gasteiger partial charge in [-0.3, -0.25) is 4.90 Å². The molecule has 1 aliphatic heterocycles. The standard InChI is InChI=1S/C13H20N2O2S/c1-4-17-13(16)12-11(14)9-7-15(8(2)3)6-5-10(9)18-12/h8H,4-7,14H2,1-3H3. The van der Waals surface area contributed by atoms with E-state index in [1.165, 1.54) is 16.2 Å². The normalized spacial score (nSPS) is 15.8. The Balaban J connectivity index is 2.27. The number of ether oxygens (including phenoxy) is 1. The Labute approximate surface area is 112 Å². The molecule has 2 N–H and O–H groups in total. The first-order chi connectivity index (χ1) is 8.54. The van der Waals surface area contributed by atoms with E-state index in [0.29, 0.717) is 23.2 Å². The minimum Gasteiger partial charge on any atom is -0.462 e. The molecule has 18 heavy (non-hydrogen) atoms. The lowest BCUT2D eigenvalue weighted by Crippen LogP contribution is -2.35. The summed E-state index contributed by atoms with van der Waals surface area (Å²) in [6.45, 7) is 8.43. The van der Waals surface area contributed by atoms with Gasteiger partial charge in [-0.1, -0.05) is 0 Å². The Kier molecular flexibility index (Phi) is 3.92. The zero-order chi connectivity index (χ0) is 13.3. The Morgan fingerprint density at radius 1 is 1.56 bits per heavy atom. The van der Waals surface area contributed by atoms with Crippen molar-refractivity contribution >= 4 is 23.0 Å². The summed E-state index contributed by atoms with van der Waals surface area (Å²) in [7, 11) is 0. The average Bonchev–Trinajstić information content (AvgIpc) is 2.67. The highest BCUT2D eigenvalue weighted by atomic mass is 32.1. The first kappa shape index (κ1) is 13.4. The molecule has 0 aromatic carbocycles. The third-order valence-electron chi connectivity index (χ3n) is 3.31. The lowest BCUT2D eigenvalue weighted by atomic mass is 10.1. The fourth-order valence-electron chi connectivity index (χ4n) is 2.22. The maximum absolute atomic E-state index is 11.8. The van der Waals surface area contributed by atoms with Crippen LogP contribution < -0.4 is 5.73 Å². The average molecular weight is 268 g/mol. The molecule has 0 fully saturated rings. The molecule has 0 spiro atoms. The predicted molar refractivity (Wildman–Crippen MR) is 73.9 cm³/mol. The molecule has 0 bridgehead atoms. The van der Waals surface area contributed by atoms with Crippen LogP contribution in [0.25, 0.3) is 0 Å². The van der Waals surface area contributed by atoms with E-state index in [1.807, 2.05) is 6.92 Å². The maximum atomic E-state index is 11.8. The number of thiophene rings is 1. The number of nitrogens with zero attached hydrogens (tertiary/aromatic N) is 1. The van der Waals surface area contributed by atoms with Gasteiger partial charge < -0.3 is 10.5 Å².